The van der Waals surface area contributed by atoms with Crippen LogP contribution in [0.1, 0.15) is 47.3 Å². The molecular weight excluding hydrogens is 304 g/mol. The molecule has 9 heteroatoms. The van der Waals surface area contributed by atoms with Gasteiger partial charge in [0.1, 0.15) is 0 Å². The highest BCUT2D eigenvalue weighted by molar-refractivity contribution is 7.12. The van der Waals surface area contributed by atoms with E-state index in [2.05, 4.69) is 26.2 Å². The van der Waals surface area contributed by atoms with Gasteiger partial charge in [0, 0.05) is 0 Å². The Morgan fingerprint density at radius 2 is 2.32 bits per heavy atom. The van der Waals surface area contributed by atoms with E-state index in [0.29, 0.717) is 16.7 Å². The minimum absolute atomic E-state index is 0.0773. The van der Waals surface area contributed by atoms with Gasteiger partial charge in [-0.25, -0.2) is 4.68 Å². The van der Waals surface area contributed by atoms with E-state index in [1.165, 1.54) is 11.3 Å². The first kappa shape index (κ1) is 14.6. The second kappa shape index (κ2) is 6.22. The average molecular weight is 320 g/mol. The third-order valence-electron chi connectivity index (χ3n) is 3.33. The van der Waals surface area contributed by atoms with Crippen LogP contribution in [0.5, 0.6) is 0 Å². The van der Waals surface area contributed by atoms with E-state index in [1.807, 2.05) is 12.3 Å². The zero-order chi connectivity index (χ0) is 15.5. The van der Waals surface area contributed by atoms with Gasteiger partial charge < -0.3 is 10.6 Å². The molecule has 2 amide bonds. The van der Waals surface area contributed by atoms with Gasteiger partial charge >= 0.3 is 0 Å². The van der Waals surface area contributed by atoms with E-state index >= 15 is 0 Å². The fraction of sp³-hybridized carbons (Fsp3) is 0.462. The Bertz CT molecular complexity index is 664. The quantitative estimate of drug-likeness (QED) is 0.815. The van der Waals surface area contributed by atoms with Crippen LogP contribution in [0, 0.1) is 0 Å². The Morgan fingerprint density at radius 3 is 3.00 bits per heavy atom. The summed E-state index contributed by atoms with van der Waals surface area (Å²) in [5.74, 6) is 0.115. The molecule has 1 fully saturated rings. The summed E-state index contributed by atoms with van der Waals surface area (Å²) < 4.78 is 1.76. The number of carbonyl (C=O) groups is 2. The average Bonchev–Trinajstić information content (AvgIpc) is 3.03. The number of amides is 2. The molecule has 0 aliphatic heterocycles. The van der Waals surface area contributed by atoms with Gasteiger partial charge in [-0.3, -0.25) is 9.59 Å². The Hall–Kier alpha value is -2.29. The van der Waals surface area contributed by atoms with Gasteiger partial charge in [-0.15, -0.1) is 16.4 Å². The van der Waals surface area contributed by atoms with Crippen molar-refractivity contribution >= 4 is 23.2 Å². The fourth-order valence-electron chi connectivity index (χ4n) is 2.08. The van der Waals surface area contributed by atoms with E-state index < -0.39 is 0 Å². The summed E-state index contributed by atoms with van der Waals surface area (Å²) in [7, 11) is 0. The van der Waals surface area contributed by atoms with Crippen LogP contribution >= 0.6 is 11.3 Å². The van der Waals surface area contributed by atoms with Crippen molar-refractivity contribution in [2.24, 2.45) is 0 Å². The third kappa shape index (κ3) is 3.30. The molecule has 3 rings (SSSR count). The second-order valence-electron chi connectivity index (χ2n) is 5.16. The second-order valence-corrected chi connectivity index (χ2v) is 6.11. The fourth-order valence-corrected chi connectivity index (χ4v) is 2.72. The van der Waals surface area contributed by atoms with Crippen molar-refractivity contribution in [1.82, 2.24) is 30.8 Å². The van der Waals surface area contributed by atoms with Crippen molar-refractivity contribution in [3.63, 3.8) is 0 Å². The van der Waals surface area contributed by atoms with Gasteiger partial charge in [0.25, 0.3) is 5.91 Å². The largest absolute Gasteiger partial charge is 0.345 e. The number of hydrogen-bond acceptors (Lipinski definition) is 6. The van der Waals surface area contributed by atoms with Crippen molar-refractivity contribution in [1.29, 1.82) is 0 Å². The number of nitrogens with one attached hydrogen (secondary N) is 2. The summed E-state index contributed by atoms with van der Waals surface area (Å²) in [5.41, 5.74) is 0. The number of thiophene rings is 1. The maximum absolute atomic E-state index is 11.9. The third-order valence-corrected chi connectivity index (χ3v) is 4.20. The van der Waals surface area contributed by atoms with Gasteiger partial charge in [0.05, 0.1) is 23.5 Å². The van der Waals surface area contributed by atoms with Gasteiger partial charge in [-0.2, -0.15) is 0 Å². The Kier molecular flexibility index (Phi) is 4.14. The zero-order valence-corrected chi connectivity index (χ0v) is 12.8. The van der Waals surface area contributed by atoms with Crippen LogP contribution in [0.2, 0.25) is 0 Å². The highest BCUT2D eigenvalue weighted by atomic mass is 32.1. The van der Waals surface area contributed by atoms with Crippen molar-refractivity contribution < 1.29 is 9.59 Å². The number of rotatable bonds is 6. The molecule has 1 aliphatic rings. The first-order valence-electron chi connectivity index (χ1n) is 7.04. The molecule has 2 aromatic rings. The molecule has 0 bridgehead atoms. The Labute approximate surface area is 130 Å². The highest BCUT2D eigenvalue weighted by Crippen LogP contribution is 2.35. The molecule has 0 spiro atoms. The topological polar surface area (TPSA) is 102 Å². The number of aromatic nitrogens is 4. The molecule has 2 N–H and O–H groups in total. The Balaban J connectivity index is 1.51. The number of tetrazole rings is 1. The van der Waals surface area contributed by atoms with Crippen LogP contribution in [0.15, 0.2) is 17.5 Å². The molecule has 0 aromatic carbocycles. The summed E-state index contributed by atoms with van der Waals surface area (Å²) in [6.45, 7) is 1.75. The lowest BCUT2D eigenvalue weighted by atomic mass is 10.3. The van der Waals surface area contributed by atoms with E-state index in [9.17, 15) is 9.59 Å². The predicted octanol–water partition coefficient (Wildman–Crippen LogP) is 0.677. The molecule has 1 atom stereocenters. The van der Waals surface area contributed by atoms with Gasteiger partial charge in [0.2, 0.25) is 5.91 Å². The lowest BCUT2D eigenvalue weighted by molar-refractivity contribution is -0.120. The summed E-state index contributed by atoms with van der Waals surface area (Å²) in [6, 6.07) is 3.55. The van der Waals surface area contributed by atoms with Crippen molar-refractivity contribution in [3.8, 4) is 0 Å². The summed E-state index contributed by atoms with van der Waals surface area (Å²) in [6.07, 6.45) is 2.13. The van der Waals surface area contributed by atoms with Crippen LogP contribution < -0.4 is 10.6 Å². The van der Waals surface area contributed by atoms with Crippen LogP contribution in [0.25, 0.3) is 0 Å². The summed E-state index contributed by atoms with van der Waals surface area (Å²) in [5, 5.41) is 18.8. The van der Waals surface area contributed by atoms with Gasteiger partial charge in [0.15, 0.2) is 5.82 Å². The van der Waals surface area contributed by atoms with E-state index in [1.54, 1.807) is 16.8 Å². The molecule has 0 saturated heterocycles. The predicted molar refractivity (Wildman–Crippen MR) is 79.3 cm³/mol. The minimum Gasteiger partial charge on any atom is -0.345 e. The van der Waals surface area contributed by atoms with E-state index in [-0.39, 0.29) is 24.4 Å². The lowest BCUT2D eigenvalue weighted by Gasteiger charge is -2.13. The number of nitrogens with zero attached hydrogens (tertiary/aromatic N) is 4. The van der Waals surface area contributed by atoms with Crippen LogP contribution in [0.4, 0.5) is 0 Å². The normalized spacial score (nSPS) is 15.3. The SMILES string of the molecule is C[C@@H](NC(=O)CNC(=O)c1cccs1)c1nnnn1C1CC1. The first-order chi connectivity index (χ1) is 10.6. The van der Waals surface area contributed by atoms with Crippen molar-refractivity contribution in [3.05, 3.63) is 28.2 Å². The zero-order valence-electron chi connectivity index (χ0n) is 12.0. The van der Waals surface area contributed by atoms with E-state index in [0.717, 1.165) is 12.8 Å². The number of hydrogen-bond donors (Lipinski definition) is 2. The van der Waals surface area contributed by atoms with Gasteiger partial charge in [-0.05, 0) is 41.6 Å². The molecule has 2 aromatic heterocycles. The lowest BCUT2D eigenvalue weighted by Crippen LogP contribution is -2.38. The Morgan fingerprint density at radius 1 is 1.50 bits per heavy atom. The maximum atomic E-state index is 11.9. The molecule has 2 heterocycles. The smallest absolute Gasteiger partial charge is 0.261 e. The van der Waals surface area contributed by atoms with Crippen molar-refractivity contribution in [2.45, 2.75) is 31.8 Å². The molecule has 22 heavy (non-hydrogen) atoms. The molecule has 0 radical (unpaired) electrons. The standard InChI is InChI=1S/C13H16N6O2S/c1-8(12-16-17-18-19(12)9-4-5-9)15-11(20)7-14-13(21)10-3-2-6-22-10/h2-3,6,8-9H,4-5,7H2,1H3,(H,14,21)(H,15,20)/t8-/m1/s1. The molecule has 0 unspecified atom stereocenters. The summed E-state index contributed by atoms with van der Waals surface area (Å²) in [4.78, 5) is 24.3. The monoisotopic (exact) mass is 320 g/mol. The van der Waals surface area contributed by atoms with Crippen molar-refractivity contribution in [2.75, 3.05) is 6.54 Å². The molecule has 8 nitrogen and oxygen atoms in total. The van der Waals surface area contributed by atoms with Crippen LogP contribution in [-0.2, 0) is 4.79 Å². The van der Waals surface area contributed by atoms with Gasteiger partial charge in [-0.1, -0.05) is 6.07 Å². The van der Waals surface area contributed by atoms with Crippen LogP contribution in [-0.4, -0.2) is 38.6 Å². The molecule has 116 valence electrons. The van der Waals surface area contributed by atoms with E-state index in [4.69, 9.17) is 0 Å². The first-order valence-corrected chi connectivity index (χ1v) is 7.92. The number of carbonyl (C=O) groups excluding carboxylic acids is 2. The molecule has 1 aliphatic carbocycles. The summed E-state index contributed by atoms with van der Waals surface area (Å²) >= 11 is 1.33. The minimum atomic E-state index is -0.304. The molecule has 1 saturated carbocycles. The highest BCUT2D eigenvalue weighted by Gasteiger charge is 2.29. The molecular formula is C13H16N6O2S. The van der Waals surface area contributed by atoms with Crippen LogP contribution in [0.3, 0.4) is 0 Å². The maximum Gasteiger partial charge on any atom is 0.261 e.